The fourth-order valence-corrected chi connectivity index (χ4v) is 1.68. The van der Waals surface area contributed by atoms with Crippen molar-refractivity contribution in [3.8, 4) is 5.75 Å². The van der Waals surface area contributed by atoms with Crippen LogP contribution in [0.25, 0.3) is 0 Å². The van der Waals surface area contributed by atoms with E-state index in [-0.39, 0.29) is 11.2 Å². The minimum Gasteiger partial charge on any atom is -0.491 e. The summed E-state index contributed by atoms with van der Waals surface area (Å²) in [5.41, 5.74) is 1.14. The molecule has 0 aromatic heterocycles. The molecule has 1 rings (SSSR count). The first-order chi connectivity index (χ1) is 7.08. The third kappa shape index (κ3) is 4.88. The van der Waals surface area contributed by atoms with Gasteiger partial charge < -0.3 is 4.74 Å². The zero-order valence-electron chi connectivity index (χ0n) is 9.32. The van der Waals surface area contributed by atoms with Crippen LogP contribution < -0.4 is 4.74 Å². The van der Waals surface area contributed by atoms with Crippen LogP contribution in [0.4, 0.5) is 0 Å². The van der Waals surface area contributed by atoms with Gasteiger partial charge in [0.05, 0.1) is 6.10 Å². The van der Waals surface area contributed by atoms with Crippen molar-refractivity contribution in [2.75, 3.05) is 0 Å². The smallest absolute Gasteiger partial charge is 0.186 e. The molecule has 0 bridgehead atoms. The van der Waals surface area contributed by atoms with Gasteiger partial charge in [0.2, 0.25) is 0 Å². The van der Waals surface area contributed by atoms with Gasteiger partial charge in [0.15, 0.2) is 5.12 Å². The molecule has 15 heavy (non-hydrogen) atoms. The predicted octanol–water partition coefficient (Wildman–Crippen LogP) is 3.25. The van der Waals surface area contributed by atoms with Gasteiger partial charge in [-0.05, 0) is 31.5 Å². The van der Waals surface area contributed by atoms with Gasteiger partial charge in [0.25, 0.3) is 0 Å². The van der Waals surface area contributed by atoms with Crippen molar-refractivity contribution < 1.29 is 9.53 Å². The molecule has 0 N–H and O–H groups in total. The van der Waals surface area contributed by atoms with Crippen LogP contribution in [-0.2, 0) is 10.5 Å². The van der Waals surface area contributed by atoms with Crippen LogP contribution >= 0.6 is 11.8 Å². The minimum atomic E-state index is 0.150. The Morgan fingerprint density at radius 3 is 2.40 bits per heavy atom. The van der Waals surface area contributed by atoms with E-state index < -0.39 is 0 Å². The summed E-state index contributed by atoms with van der Waals surface area (Å²) < 4.78 is 5.52. The lowest BCUT2D eigenvalue weighted by atomic mass is 10.2. The van der Waals surface area contributed by atoms with E-state index in [1.165, 1.54) is 11.8 Å². The molecule has 0 fully saturated rings. The summed E-state index contributed by atoms with van der Waals surface area (Å²) in [6.07, 6.45) is 0.197. The minimum absolute atomic E-state index is 0.150. The van der Waals surface area contributed by atoms with E-state index in [1.54, 1.807) is 6.92 Å². The highest BCUT2D eigenvalue weighted by atomic mass is 32.2. The Hall–Kier alpha value is -0.960. The average Bonchev–Trinajstić information content (AvgIpc) is 2.16. The highest BCUT2D eigenvalue weighted by molar-refractivity contribution is 8.12. The molecule has 0 aliphatic carbocycles. The average molecular weight is 224 g/mol. The Morgan fingerprint density at radius 1 is 1.33 bits per heavy atom. The SMILES string of the molecule is CC(=O)SCc1ccc(OC(C)C)cc1. The summed E-state index contributed by atoms with van der Waals surface area (Å²) in [6, 6.07) is 7.87. The van der Waals surface area contributed by atoms with Gasteiger partial charge in [-0.15, -0.1) is 0 Å². The molecule has 1 aromatic rings. The van der Waals surface area contributed by atoms with Crippen molar-refractivity contribution >= 4 is 16.9 Å². The van der Waals surface area contributed by atoms with Crippen molar-refractivity contribution in [1.29, 1.82) is 0 Å². The van der Waals surface area contributed by atoms with Crippen LogP contribution in [0.2, 0.25) is 0 Å². The van der Waals surface area contributed by atoms with E-state index in [1.807, 2.05) is 38.1 Å². The van der Waals surface area contributed by atoms with Crippen molar-refractivity contribution in [1.82, 2.24) is 0 Å². The van der Waals surface area contributed by atoms with Gasteiger partial charge in [0, 0.05) is 12.7 Å². The van der Waals surface area contributed by atoms with Gasteiger partial charge in [0.1, 0.15) is 5.75 Å². The third-order valence-corrected chi connectivity index (χ3v) is 2.62. The molecule has 0 amide bonds. The number of hydrogen-bond acceptors (Lipinski definition) is 3. The predicted molar refractivity (Wildman–Crippen MR) is 64.2 cm³/mol. The number of thioether (sulfide) groups is 1. The van der Waals surface area contributed by atoms with Gasteiger partial charge in [-0.1, -0.05) is 23.9 Å². The van der Waals surface area contributed by atoms with Crippen molar-refractivity contribution in [3.05, 3.63) is 29.8 Å². The molecule has 1 aromatic carbocycles. The topological polar surface area (TPSA) is 26.3 Å². The monoisotopic (exact) mass is 224 g/mol. The lowest BCUT2D eigenvalue weighted by Gasteiger charge is -2.09. The lowest BCUT2D eigenvalue weighted by molar-refractivity contribution is -0.109. The van der Waals surface area contributed by atoms with Crippen molar-refractivity contribution in [3.63, 3.8) is 0 Å². The van der Waals surface area contributed by atoms with Gasteiger partial charge in [-0.2, -0.15) is 0 Å². The Kier molecular flexibility index (Phi) is 4.69. The van der Waals surface area contributed by atoms with E-state index in [9.17, 15) is 4.79 Å². The van der Waals surface area contributed by atoms with Gasteiger partial charge in [-0.3, -0.25) is 4.79 Å². The molecular weight excluding hydrogens is 208 g/mol. The summed E-state index contributed by atoms with van der Waals surface area (Å²) in [7, 11) is 0. The summed E-state index contributed by atoms with van der Waals surface area (Å²) in [6.45, 7) is 5.58. The Bertz CT molecular complexity index is 317. The number of carbonyl (C=O) groups is 1. The van der Waals surface area contributed by atoms with Crippen molar-refractivity contribution in [2.45, 2.75) is 32.6 Å². The van der Waals surface area contributed by atoms with E-state index in [0.29, 0.717) is 0 Å². The first-order valence-corrected chi connectivity index (χ1v) is 5.95. The van der Waals surface area contributed by atoms with Gasteiger partial charge in [-0.25, -0.2) is 0 Å². The van der Waals surface area contributed by atoms with Crippen LogP contribution in [0.5, 0.6) is 5.75 Å². The summed E-state index contributed by atoms with van der Waals surface area (Å²) in [4.78, 5) is 10.8. The third-order valence-electron chi connectivity index (χ3n) is 1.74. The van der Waals surface area contributed by atoms with Crippen molar-refractivity contribution in [2.24, 2.45) is 0 Å². The Morgan fingerprint density at radius 2 is 1.93 bits per heavy atom. The Balaban J connectivity index is 2.52. The van der Waals surface area contributed by atoms with Crippen LogP contribution in [-0.4, -0.2) is 11.2 Å². The zero-order valence-corrected chi connectivity index (χ0v) is 10.1. The zero-order chi connectivity index (χ0) is 11.3. The summed E-state index contributed by atoms with van der Waals surface area (Å²) in [5.74, 6) is 1.61. The van der Waals surface area contributed by atoms with E-state index >= 15 is 0 Å². The second kappa shape index (κ2) is 5.81. The molecule has 0 radical (unpaired) electrons. The molecule has 0 aliphatic rings. The first-order valence-electron chi connectivity index (χ1n) is 4.97. The maximum atomic E-state index is 10.8. The van der Waals surface area contributed by atoms with E-state index in [2.05, 4.69) is 0 Å². The van der Waals surface area contributed by atoms with Crippen LogP contribution in [0.3, 0.4) is 0 Å². The van der Waals surface area contributed by atoms with Crippen LogP contribution in [0, 0.1) is 0 Å². The number of benzene rings is 1. The van der Waals surface area contributed by atoms with E-state index in [4.69, 9.17) is 4.74 Å². The number of carbonyl (C=O) groups excluding carboxylic acids is 1. The second-order valence-corrected chi connectivity index (χ2v) is 4.74. The maximum absolute atomic E-state index is 10.8. The standard InChI is InChI=1S/C12H16O2S/c1-9(2)14-12-6-4-11(5-7-12)8-15-10(3)13/h4-7,9H,8H2,1-3H3. The normalized spacial score (nSPS) is 10.4. The molecule has 0 atom stereocenters. The lowest BCUT2D eigenvalue weighted by Crippen LogP contribution is -2.05. The fraction of sp³-hybridized carbons (Fsp3) is 0.417. The summed E-state index contributed by atoms with van der Waals surface area (Å²) >= 11 is 1.32. The molecule has 3 heteroatoms. The molecule has 2 nitrogen and oxygen atoms in total. The first kappa shape index (κ1) is 12.1. The molecule has 0 spiro atoms. The molecule has 0 saturated carbocycles. The second-order valence-electron chi connectivity index (χ2n) is 3.59. The van der Waals surface area contributed by atoms with Crippen LogP contribution in [0.15, 0.2) is 24.3 Å². The Labute approximate surface area is 95.0 Å². The fourth-order valence-electron chi connectivity index (χ4n) is 1.12. The molecule has 0 saturated heterocycles. The summed E-state index contributed by atoms with van der Waals surface area (Å²) in [5, 5.41) is 0.150. The highest BCUT2D eigenvalue weighted by Gasteiger charge is 1.99. The highest BCUT2D eigenvalue weighted by Crippen LogP contribution is 2.17. The maximum Gasteiger partial charge on any atom is 0.186 e. The van der Waals surface area contributed by atoms with E-state index in [0.717, 1.165) is 17.1 Å². The van der Waals surface area contributed by atoms with Gasteiger partial charge >= 0.3 is 0 Å². The largest absolute Gasteiger partial charge is 0.491 e. The molecule has 0 heterocycles. The number of ether oxygens (including phenoxy) is 1. The molecule has 82 valence electrons. The molecule has 0 unspecified atom stereocenters. The van der Waals surface area contributed by atoms with Crippen LogP contribution in [0.1, 0.15) is 26.3 Å². The number of rotatable bonds is 4. The number of hydrogen-bond donors (Lipinski definition) is 0. The quantitative estimate of drug-likeness (QED) is 0.785. The molecular formula is C12H16O2S. The molecule has 0 aliphatic heterocycles.